The van der Waals surface area contributed by atoms with E-state index in [1.807, 2.05) is 13.8 Å². The first-order chi connectivity index (χ1) is 10.9. The molecule has 128 valence electrons. The molecular formula is C18H26O5. The molecule has 0 amide bonds. The van der Waals surface area contributed by atoms with Gasteiger partial charge < -0.3 is 19.7 Å². The van der Waals surface area contributed by atoms with Gasteiger partial charge in [0.2, 0.25) is 0 Å². The lowest BCUT2D eigenvalue weighted by molar-refractivity contribution is -0.153. The molecule has 23 heavy (non-hydrogen) atoms. The molecule has 0 bridgehead atoms. The molecule has 5 nitrogen and oxygen atoms in total. The molecule has 0 atom stereocenters. The van der Waals surface area contributed by atoms with Crippen molar-refractivity contribution in [2.45, 2.75) is 57.5 Å². The van der Waals surface area contributed by atoms with Crippen LogP contribution in [0.3, 0.4) is 0 Å². The van der Waals surface area contributed by atoms with Crippen molar-refractivity contribution in [1.29, 1.82) is 0 Å². The predicted molar refractivity (Wildman–Crippen MR) is 86.6 cm³/mol. The molecule has 0 spiro atoms. The van der Waals surface area contributed by atoms with Crippen LogP contribution in [0.4, 0.5) is 0 Å². The first-order valence-electron chi connectivity index (χ1n) is 8.18. The Morgan fingerprint density at radius 2 is 2.00 bits per heavy atom. The van der Waals surface area contributed by atoms with Gasteiger partial charge in [-0.05, 0) is 36.5 Å². The van der Waals surface area contributed by atoms with Crippen molar-refractivity contribution in [2.75, 3.05) is 13.2 Å². The number of hydrogen-bond donors (Lipinski definition) is 2. The zero-order valence-electron chi connectivity index (χ0n) is 13.9. The van der Waals surface area contributed by atoms with Crippen LogP contribution in [-0.4, -0.2) is 35.5 Å². The van der Waals surface area contributed by atoms with Crippen LogP contribution < -0.4 is 0 Å². The first-order valence-corrected chi connectivity index (χ1v) is 8.18. The summed E-state index contributed by atoms with van der Waals surface area (Å²) in [4.78, 5) is 11.9. The number of carbonyl (C=O) groups excluding carboxylic acids is 1. The summed E-state index contributed by atoms with van der Waals surface area (Å²) in [6, 6.07) is 4.53. The Morgan fingerprint density at radius 1 is 1.30 bits per heavy atom. The van der Waals surface area contributed by atoms with Crippen LogP contribution in [0.25, 0.3) is 0 Å². The van der Waals surface area contributed by atoms with Crippen LogP contribution in [0.5, 0.6) is 11.5 Å². The van der Waals surface area contributed by atoms with Crippen LogP contribution in [0.2, 0.25) is 0 Å². The zero-order valence-corrected chi connectivity index (χ0v) is 13.9. The SMILES string of the molecule is CC(C)(CCCC(=O)OC1CCOCC1)c1cc(O)ccc1O. The fraction of sp³-hybridized carbons (Fsp3) is 0.611. The Balaban J connectivity index is 1.82. The van der Waals surface area contributed by atoms with Gasteiger partial charge in [0.25, 0.3) is 0 Å². The number of benzene rings is 1. The molecule has 1 aliphatic rings. The highest BCUT2D eigenvalue weighted by Gasteiger charge is 2.25. The maximum absolute atomic E-state index is 11.9. The average molecular weight is 322 g/mol. The molecule has 2 rings (SSSR count). The van der Waals surface area contributed by atoms with E-state index in [9.17, 15) is 15.0 Å². The quantitative estimate of drug-likeness (QED) is 0.621. The lowest BCUT2D eigenvalue weighted by Crippen LogP contribution is -2.26. The van der Waals surface area contributed by atoms with Gasteiger partial charge in [-0.15, -0.1) is 0 Å². The molecule has 1 aliphatic heterocycles. The van der Waals surface area contributed by atoms with Crippen LogP contribution >= 0.6 is 0 Å². The van der Waals surface area contributed by atoms with E-state index in [2.05, 4.69) is 0 Å². The van der Waals surface area contributed by atoms with Crippen LogP contribution in [0, 0.1) is 0 Å². The molecule has 0 saturated carbocycles. The van der Waals surface area contributed by atoms with Crippen molar-refractivity contribution < 1.29 is 24.5 Å². The number of phenols is 2. The normalized spacial score (nSPS) is 16.3. The standard InChI is InChI=1S/C18H26O5/c1-18(2,15-12-13(19)5-6-16(15)20)9-3-4-17(21)23-14-7-10-22-11-8-14/h5-6,12,14,19-20H,3-4,7-11H2,1-2H3. The minimum Gasteiger partial charge on any atom is -0.508 e. The molecule has 1 heterocycles. The molecule has 1 saturated heterocycles. The number of esters is 1. The van der Waals surface area contributed by atoms with E-state index < -0.39 is 0 Å². The van der Waals surface area contributed by atoms with E-state index in [1.165, 1.54) is 12.1 Å². The third kappa shape index (κ3) is 5.13. The zero-order chi connectivity index (χ0) is 16.9. The van der Waals surface area contributed by atoms with Crippen LogP contribution in [0.15, 0.2) is 18.2 Å². The summed E-state index contributed by atoms with van der Waals surface area (Å²) < 4.78 is 10.7. The van der Waals surface area contributed by atoms with E-state index in [0.717, 1.165) is 12.8 Å². The van der Waals surface area contributed by atoms with Crippen LogP contribution in [0.1, 0.15) is 51.5 Å². The highest BCUT2D eigenvalue weighted by molar-refractivity contribution is 5.69. The van der Waals surface area contributed by atoms with Crippen LogP contribution in [-0.2, 0) is 19.7 Å². The molecule has 1 aromatic rings. The molecule has 1 aromatic carbocycles. The summed E-state index contributed by atoms with van der Waals surface area (Å²) in [6.45, 7) is 5.29. The Kier molecular flexibility index (Phi) is 5.88. The first kappa shape index (κ1) is 17.6. The topological polar surface area (TPSA) is 76.0 Å². The maximum Gasteiger partial charge on any atom is 0.306 e. The molecular weight excluding hydrogens is 296 g/mol. The molecule has 5 heteroatoms. The van der Waals surface area contributed by atoms with Gasteiger partial charge in [0, 0.05) is 24.8 Å². The molecule has 0 aromatic heterocycles. The number of carbonyl (C=O) groups is 1. The van der Waals surface area contributed by atoms with Crippen molar-refractivity contribution in [3.8, 4) is 11.5 Å². The van der Waals surface area contributed by atoms with Crippen molar-refractivity contribution in [3.63, 3.8) is 0 Å². The monoisotopic (exact) mass is 322 g/mol. The second-order valence-electron chi connectivity index (χ2n) is 6.74. The van der Waals surface area contributed by atoms with E-state index in [4.69, 9.17) is 9.47 Å². The Hall–Kier alpha value is -1.75. The number of ether oxygens (including phenoxy) is 2. The van der Waals surface area contributed by atoms with Gasteiger partial charge in [0.15, 0.2) is 0 Å². The van der Waals surface area contributed by atoms with Gasteiger partial charge in [-0.2, -0.15) is 0 Å². The summed E-state index contributed by atoms with van der Waals surface area (Å²) in [5.74, 6) is 0.121. The molecule has 0 aliphatic carbocycles. The van der Waals surface area contributed by atoms with E-state index in [-0.39, 0.29) is 29.0 Å². The predicted octanol–water partition coefficient (Wildman–Crippen LogP) is 3.27. The molecule has 0 unspecified atom stereocenters. The smallest absolute Gasteiger partial charge is 0.306 e. The van der Waals surface area contributed by atoms with E-state index >= 15 is 0 Å². The van der Waals surface area contributed by atoms with Gasteiger partial charge in [0.1, 0.15) is 17.6 Å². The fourth-order valence-corrected chi connectivity index (χ4v) is 2.91. The Labute approximate surface area is 137 Å². The summed E-state index contributed by atoms with van der Waals surface area (Å²) in [7, 11) is 0. The highest BCUT2D eigenvalue weighted by atomic mass is 16.6. The minimum atomic E-state index is -0.332. The summed E-state index contributed by atoms with van der Waals surface area (Å²) in [5, 5.41) is 19.6. The maximum atomic E-state index is 11.9. The average Bonchev–Trinajstić information content (AvgIpc) is 2.50. The second-order valence-corrected chi connectivity index (χ2v) is 6.74. The fourth-order valence-electron chi connectivity index (χ4n) is 2.91. The van der Waals surface area contributed by atoms with Crippen molar-refractivity contribution in [2.24, 2.45) is 0 Å². The number of hydrogen-bond acceptors (Lipinski definition) is 5. The summed E-state index contributed by atoms with van der Waals surface area (Å²) in [5.41, 5.74) is 0.359. The lowest BCUT2D eigenvalue weighted by atomic mass is 9.79. The number of rotatable bonds is 6. The minimum absolute atomic E-state index is 0.0145. The third-order valence-corrected chi connectivity index (χ3v) is 4.36. The van der Waals surface area contributed by atoms with Gasteiger partial charge in [-0.25, -0.2) is 0 Å². The van der Waals surface area contributed by atoms with Gasteiger partial charge in [0.05, 0.1) is 13.2 Å². The van der Waals surface area contributed by atoms with E-state index in [0.29, 0.717) is 38.0 Å². The molecule has 0 radical (unpaired) electrons. The third-order valence-electron chi connectivity index (χ3n) is 4.36. The highest BCUT2D eigenvalue weighted by Crippen LogP contribution is 2.37. The van der Waals surface area contributed by atoms with Gasteiger partial charge in [-0.3, -0.25) is 4.79 Å². The molecule has 2 N–H and O–H groups in total. The van der Waals surface area contributed by atoms with Gasteiger partial charge in [-0.1, -0.05) is 13.8 Å². The summed E-state index contributed by atoms with van der Waals surface area (Å²) >= 11 is 0. The van der Waals surface area contributed by atoms with Gasteiger partial charge >= 0.3 is 5.97 Å². The Bertz CT molecular complexity index is 532. The summed E-state index contributed by atoms with van der Waals surface area (Å²) in [6.07, 6.45) is 3.28. The van der Waals surface area contributed by atoms with Crippen molar-refractivity contribution in [1.82, 2.24) is 0 Å². The molecule has 1 fully saturated rings. The largest absolute Gasteiger partial charge is 0.508 e. The number of aromatic hydroxyl groups is 2. The number of phenolic OH excluding ortho intramolecular Hbond substituents is 2. The second kappa shape index (κ2) is 7.68. The van der Waals surface area contributed by atoms with Crippen molar-refractivity contribution in [3.05, 3.63) is 23.8 Å². The van der Waals surface area contributed by atoms with E-state index in [1.54, 1.807) is 6.07 Å². The lowest BCUT2D eigenvalue weighted by Gasteiger charge is -2.26. The Morgan fingerprint density at radius 3 is 2.70 bits per heavy atom. The van der Waals surface area contributed by atoms with Crippen molar-refractivity contribution >= 4 is 5.97 Å².